The van der Waals surface area contributed by atoms with Crippen molar-refractivity contribution in [3.05, 3.63) is 70.7 Å². The number of carbonyl (C=O) groups is 1. The van der Waals surface area contributed by atoms with E-state index in [4.69, 9.17) is 32.7 Å². The van der Waals surface area contributed by atoms with E-state index in [2.05, 4.69) is 20.6 Å². The molecule has 3 aromatic rings. The number of halogens is 2. The molecule has 0 bridgehead atoms. The van der Waals surface area contributed by atoms with Gasteiger partial charge in [0, 0.05) is 17.2 Å². The number of hydrogen-bond acceptors (Lipinski definition) is 9. The number of amides is 1. The van der Waals surface area contributed by atoms with Crippen molar-refractivity contribution in [3.8, 4) is 23.4 Å². The number of nitrogens with one attached hydrogen (secondary N) is 2. The van der Waals surface area contributed by atoms with Crippen LogP contribution < -0.4 is 26.9 Å². The topological polar surface area (TPSA) is 174 Å². The van der Waals surface area contributed by atoms with Crippen LogP contribution in [0, 0.1) is 11.3 Å². The molecule has 38 heavy (non-hydrogen) atoms. The molecule has 0 aliphatic heterocycles. The van der Waals surface area contributed by atoms with E-state index in [9.17, 15) is 24.4 Å². The predicted molar refractivity (Wildman–Crippen MR) is 137 cm³/mol. The summed E-state index contributed by atoms with van der Waals surface area (Å²) in [6, 6.07) is 5.57. The molecule has 0 fully saturated rings. The number of H-pyrrole nitrogens is 1. The first-order chi connectivity index (χ1) is 17.7. The third-order valence-corrected chi connectivity index (χ3v) is 5.39. The maximum atomic E-state index is 13.1. The maximum Gasteiger partial charge on any atom is 0.409 e. The Hall–Kier alpha value is -4.15. The minimum atomic E-state index is -1.06. The van der Waals surface area contributed by atoms with E-state index in [-0.39, 0.29) is 38.8 Å². The summed E-state index contributed by atoms with van der Waals surface area (Å²) in [6.45, 7) is 8.01. The van der Waals surface area contributed by atoms with Crippen molar-refractivity contribution in [3.63, 3.8) is 0 Å². The molecule has 1 aromatic carbocycles. The number of carbonyl (C=O) groups excluding carboxylic acids is 1. The maximum absolute atomic E-state index is 13.1. The molecule has 3 rings (SSSR count). The summed E-state index contributed by atoms with van der Waals surface area (Å²) < 4.78 is 11.9. The minimum absolute atomic E-state index is 0.0148. The lowest BCUT2D eigenvalue weighted by atomic mass is 10.1. The van der Waals surface area contributed by atoms with Crippen molar-refractivity contribution in [2.45, 2.75) is 52.8 Å². The van der Waals surface area contributed by atoms with Crippen LogP contribution in [0.5, 0.6) is 11.6 Å². The van der Waals surface area contributed by atoms with E-state index < -0.39 is 35.3 Å². The Morgan fingerprint density at radius 1 is 1.18 bits per heavy atom. The first-order valence-corrected chi connectivity index (χ1v) is 11.8. The van der Waals surface area contributed by atoms with Crippen LogP contribution in [0.15, 0.2) is 32.6 Å². The molecular formula is C23H23Cl2N7O6. The Kier molecular flexibility index (Phi) is 8.28. The van der Waals surface area contributed by atoms with Gasteiger partial charge in [0.05, 0.1) is 15.7 Å². The lowest BCUT2D eigenvalue weighted by Crippen LogP contribution is -2.45. The van der Waals surface area contributed by atoms with Crippen molar-refractivity contribution in [1.29, 1.82) is 5.26 Å². The fourth-order valence-corrected chi connectivity index (χ4v) is 3.64. The number of rotatable bonds is 6. The van der Waals surface area contributed by atoms with Gasteiger partial charge in [-0.25, -0.2) is 19.3 Å². The fraction of sp³-hybridized carbons (Fsp3) is 0.348. The number of benzene rings is 1. The molecular weight excluding hydrogens is 541 g/mol. The van der Waals surface area contributed by atoms with Crippen LogP contribution in [-0.2, 0) is 11.5 Å². The van der Waals surface area contributed by atoms with Gasteiger partial charge in [0.25, 0.3) is 11.1 Å². The van der Waals surface area contributed by atoms with Crippen molar-refractivity contribution in [2.24, 2.45) is 0 Å². The van der Waals surface area contributed by atoms with Gasteiger partial charge in [-0.15, -0.1) is 10.2 Å². The molecule has 0 aliphatic carbocycles. The van der Waals surface area contributed by atoms with Crippen molar-refractivity contribution in [1.82, 2.24) is 29.9 Å². The van der Waals surface area contributed by atoms with Gasteiger partial charge in [-0.1, -0.05) is 37.0 Å². The average Bonchev–Trinajstić information content (AvgIpc) is 2.81. The third kappa shape index (κ3) is 6.39. The van der Waals surface area contributed by atoms with Crippen LogP contribution >= 0.6 is 23.2 Å². The van der Waals surface area contributed by atoms with Gasteiger partial charge in [-0.05, 0) is 38.8 Å². The zero-order valence-electron chi connectivity index (χ0n) is 21.0. The molecule has 15 heteroatoms. The zero-order valence-corrected chi connectivity index (χ0v) is 22.5. The fourth-order valence-electron chi connectivity index (χ4n) is 3.09. The highest BCUT2D eigenvalue weighted by Crippen LogP contribution is 2.37. The summed E-state index contributed by atoms with van der Waals surface area (Å²) in [5, 5.41) is 21.7. The second kappa shape index (κ2) is 11.1. The lowest BCUT2D eigenvalue weighted by Gasteiger charge is -2.20. The molecule has 2 aromatic heterocycles. The standard InChI is InChI=1S/C23H23Cl2N7O6/c1-11(2)13-8-17(28-29-19(13)33)38-18-14(24)6-12(7-15(18)25)32-22(36)31(20(34)16(9-26)30-32)10-37-21(35)27-23(3,4)5/h6-8,11H,10H2,1-5H3,(H,27,35)(H,29,33). The molecule has 13 nitrogen and oxygen atoms in total. The molecule has 0 saturated carbocycles. The number of aromatic nitrogens is 5. The van der Waals surface area contributed by atoms with Gasteiger partial charge < -0.3 is 14.8 Å². The first kappa shape index (κ1) is 28.4. The summed E-state index contributed by atoms with van der Waals surface area (Å²) in [5.74, 6) is -0.120. The number of aromatic amines is 1. The average molecular weight is 564 g/mol. The molecule has 2 heterocycles. The quantitative estimate of drug-likeness (QED) is 0.456. The van der Waals surface area contributed by atoms with E-state index in [1.54, 1.807) is 26.8 Å². The second-order valence-corrected chi connectivity index (χ2v) is 10.1. The molecule has 0 spiro atoms. The Bertz CT molecular complexity index is 1590. The largest absolute Gasteiger partial charge is 0.434 e. The Morgan fingerprint density at radius 2 is 1.82 bits per heavy atom. The Labute approximate surface area is 225 Å². The Balaban J connectivity index is 2.01. The smallest absolute Gasteiger partial charge is 0.409 e. The van der Waals surface area contributed by atoms with Gasteiger partial charge in [-0.2, -0.15) is 9.94 Å². The number of nitrogens with zero attached hydrogens (tertiary/aromatic N) is 5. The number of alkyl carbamates (subject to hydrolysis) is 1. The van der Waals surface area contributed by atoms with Crippen molar-refractivity contribution >= 4 is 29.3 Å². The van der Waals surface area contributed by atoms with Crippen molar-refractivity contribution in [2.75, 3.05) is 0 Å². The van der Waals surface area contributed by atoms with Gasteiger partial charge in [0.2, 0.25) is 11.6 Å². The third-order valence-electron chi connectivity index (χ3n) is 4.83. The summed E-state index contributed by atoms with van der Waals surface area (Å²) in [7, 11) is 0. The molecule has 0 aliphatic rings. The van der Waals surface area contributed by atoms with Crippen LogP contribution in [0.4, 0.5) is 4.79 Å². The predicted octanol–water partition coefficient (Wildman–Crippen LogP) is 3.05. The van der Waals surface area contributed by atoms with Gasteiger partial charge in [0.15, 0.2) is 12.5 Å². The summed E-state index contributed by atoms with van der Waals surface area (Å²) in [6.07, 6.45) is -0.880. The molecule has 0 unspecified atom stereocenters. The van der Waals surface area contributed by atoms with Crippen LogP contribution in [0.25, 0.3) is 5.69 Å². The molecule has 0 radical (unpaired) electrons. The summed E-state index contributed by atoms with van der Waals surface area (Å²) in [4.78, 5) is 49.6. The van der Waals surface area contributed by atoms with Crippen LogP contribution in [0.3, 0.4) is 0 Å². The zero-order chi connectivity index (χ0) is 28.4. The van der Waals surface area contributed by atoms with E-state index >= 15 is 0 Å². The number of nitriles is 1. The van der Waals surface area contributed by atoms with Crippen LogP contribution in [0.1, 0.15) is 51.8 Å². The van der Waals surface area contributed by atoms with Crippen molar-refractivity contribution < 1.29 is 14.3 Å². The molecule has 0 atom stereocenters. The second-order valence-electron chi connectivity index (χ2n) is 9.31. The van der Waals surface area contributed by atoms with Gasteiger partial charge in [-0.3, -0.25) is 9.59 Å². The minimum Gasteiger partial charge on any atom is -0.434 e. The number of ether oxygens (including phenoxy) is 2. The summed E-state index contributed by atoms with van der Waals surface area (Å²) >= 11 is 12.7. The van der Waals surface area contributed by atoms with Gasteiger partial charge >= 0.3 is 11.8 Å². The highest BCUT2D eigenvalue weighted by molar-refractivity contribution is 6.37. The SMILES string of the molecule is CC(C)c1cc(Oc2c(Cl)cc(-n3nc(C#N)c(=O)n(COC(=O)NC(C)(C)C)c3=O)cc2Cl)n[nH]c1=O. The van der Waals surface area contributed by atoms with E-state index in [0.717, 1.165) is 0 Å². The molecule has 200 valence electrons. The normalized spacial score (nSPS) is 11.2. The molecule has 2 N–H and O–H groups in total. The highest BCUT2D eigenvalue weighted by atomic mass is 35.5. The van der Waals surface area contributed by atoms with E-state index in [0.29, 0.717) is 14.8 Å². The monoisotopic (exact) mass is 563 g/mol. The number of hydrogen-bond donors (Lipinski definition) is 2. The Morgan fingerprint density at radius 3 is 2.37 bits per heavy atom. The molecule has 0 saturated heterocycles. The molecule has 1 amide bonds. The lowest BCUT2D eigenvalue weighted by molar-refractivity contribution is 0.102. The highest BCUT2D eigenvalue weighted by Gasteiger charge is 2.20. The van der Waals surface area contributed by atoms with Crippen LogP contribution in [-0.4, -0.2) is 36.2 Å². The summed E-state index contributed by atoms with van der Waals surface area (Å²) in [5.41, 5.74) is -3.30. The van der Waals surface area contributed by atoms with Gasteiger partial charge in [0.1, 0.15) is 6.07 Å². The van der Waals surface area contributed by atoms with Crippen LogP contribution in [0.2, 0.25) is 10.0 Å². The van der Waals surface area contributed by atoms with E-state index in [1.165, 1.54) is 18.2 Å². The van der Waals surface area contributed by atoms with E-state index in [1.807, 2.05) is 13.8 Å². The first-order valence-electron chi connectivity index (χ1n) is 11.1.